The van der Waals surface area contributed by atoms with Gasteiger partial charge in [-0.15, -0.1) is 11.3 Å². The van der Waals surface area contributed by atoms with Crippen LogP contribution in [-0.2, 0) is 25.9 Å². The number of carbonyl (C=O) groups is 1. The summed E-state index contributed by atoms with van der Waals surface area (Å²) < 4.78 is 15.6. The van der Waals surface area contributed by atoms with Gasteiger partial charge in [0.25, 0.3) is 0 Å². The SMILES string of the molecule is O=C(NCc1ccc(F)cc1)N1Cc2c(sc3c2CCCC3)-n2cccc2[C@H]1c1ccccc1. The maximum absolute atomic E-state index is 13.7. The van der Waals surface area contributed by atoms with Crippen molar-refractivity contribution in [1.29, 1.82) is 0 Å². The molecule has 0 fully saturated rings. The smallest absolute Gasteiger partial charge is 0.318 e. The minimum Gasteiger partial charge on any atom is -0.334 e. The number of urea groups is 1. The van der Waals surface area contributed by atoms with Gasteiger partial charge in [0.1, 0.15) is 10.8 Å². The summed E-state index contributed by atoms with van der Waals surface area (Å²) in [6, 6.07) is 20.4. The van der Waals surface area contributed by atoms with Crippen LogP contribution in [0.1, 0.15) is 51.7 Å². The summed E-state index contributed by atoms with van der Waals surface area (Å²) in [5.41, 5.74) is 5.78. The molecule has 34 heavy (non-hydrogen) atoms. The Balaban J connectivity index is 1.42. The second-order valence-electron chi connectivity index (χ2n) is 9.02. The molecule has 0 unspecified atom stereocenters. The quantitative estimate of drug-likeness (QED) is 0.370. The lowest BCUT2D eigenvalue weighted by Gasteiger charge is -2.31. The lowest BCUT2D eigenvalue weighted by atomic mass is 9.95. The van der Waals surface area contributed by atoms with Gasteiger partial charge in [-0.1, -0.05) is 42.5 Å². The number of amides is 2. The van der Waals surface area contributed by atoms with Gasteiger partial charge < -0.3 is 14.8 Å². The van der Waals surface area contributed by atoms with Crippen LogP contribution in [0.4, 0.5) is 9.18 Å². The molecule has 2 aromatic carbocycles. The molecule has 3 heterocycles. The third-order valence-electron chi connectivity index (χ3n) is 6.91. The molecule has 1 atom stereocenters. The van der Waals surface area contributed by atoms with Gasteiger partial charge in [-0.3, -0.25) is 0 Å². The number of aromatic nitrogens is 1. The highest BCUT2D eigenvalue weighted by atomic mass is 32.1. The van der Waals surface area contributed by atoms with Gasteiger partial charge in [0.15, 0.2) is 0 Å². The Morgan fingerprint density at radius 2 is 1.76 bits per heavy atom. The average Bonchev–Trinajstić information content (AvgIpc) is 3.46. The van der Waals surface area contributed by atoms with Gasteiger partial charge in [0.2, 0.25) is 0 Å². The molecule has 6 rings (SSSR count). The second-order valence-corrected chi connectivity index (χ2v) is 10.1. The number of halogens is 1. The molecule has 1 N–H and O–H groups in total. The molecule has 0 spiro atoms. The molecule has 0 radical (unpaired) electrons. The summed E-state index contributed by atoms with van der Waals surface area (Å²) in [4.78, 5) is 17.2. The van der Waals surface area contributed by atoms with Crippen LogP contribution in [0.5, 0.6) is 0 Å². The fraction of sp³-hybridized carbons (Fsp3) is 0.250. The van der Waals surface area contributed by atoms with E-state index >= 15 is 0 Å². The van der Waals surface area contributed by atoms with Gasteiger partial charge in [0.05, 0.1) is 18.3 Å². The van der Waals surface area contributed by atoms with Crippen molar-refractivity contribution in [2.24, 2.45) is 0 Å². The Kier molecular flexibility index (Phi) is 5.46. The second kappa shape index (κ2) is 8.76. The number of thiophene rings is 1. The molecule has 2 aliphatic rings. The number of hydrogen-bond acceptors (Lipinski definition) is 2. The van der Waals surface area contributed by atoms with Crippen molar-refractivity contribution in [3.05, 3.63) is 112 Å². The third kappa shape index (κ3) is 3.72. The Labute approximate surface area is 202 Å². The van der Waals surface area contributed by atoms with Crippen LogP contribution >= 0.6 is 11.3 Å². The summed E-state index contributed by atoms with van der Waals surface area (Å²) in [6.45, 7) is 0.921. The molecular formula is C28H26FN3OS. The lowest BCUT2D eigenvalue weighted by Crippen LogP contribution is -2.41. The van der Waals surface area contributed by atoms with E-state index in [2.05, 4.69) is 40.3 Å². The van der Waals surface area contributed by atoms with E-state index in [1.807, 2.05) is 34.4 Å². The summed E-state index contributed by atoms with van der Waals surface area (Å²) in [5, 5.41) is 4.35. The topological polar surface area (TPSA) is 37.3 Å². The number of fused-ring (bicyclic) bond motifs is 5. The van der Waals surface area contributed by atoms with Gasteiger partial charge in [-0.25, -0.2) is 9.18 Å². The summed E-state index contributed by atoms with van der Waals surface area (Å²) >= 11 is 1.89. The van der Waals surface area contributed by atoms with Crippen molar-refractivity contribution in [2.45, 2.75) is 44.8 Å². The molecule has 4 nitrogen and oxygen atoms in total. The number of rotatable bonds is 3. The highest BCUT2D eigenvalue weighted by molar-refractivity contribution is 7.15. The molecule has 0 bridgehead atoms. The van der Waals surface area contributed by atoms with Gasteiger partial charge in [-0.2, -0.15) is 0 Å². The maximum atomic E-state index is 13.7. The van der Waals surface area contributed by atoms with Crippen molar-refractivity contribution in [1.82, 2.24) is 14.8 Å². The fourth-order valence-electron chi connectivity index (χ4n) is 5.25. The fourth-order valence-corrected chi connectivity index (χ4v) is 6.66. The van der Waals surface area contributed by atoms with Crippen LogP contribution in [0.2, 0.25) is 0 Å². The predicted molar refractivity (Wildman–Crippen MR) is 133 cm³/mol. The third-order valence-corrected chi connectivity index (χ3v) is 8.25. The normalized spacial score (nSPS) is 16.9. The van der Waals surface area contributed by atoms with Crippen molar-refractivity contribution < 1.29 is 9.18 Å². The zero-order valence-corrected chi connectivity index (χ0v) is 19.7. The van der Waals surface area contributed by atoms with Gasteiger partial charge >= 0.3 is 6.03 Å². The predicted octanol–water partition coefficient (Wildman–Crippen LogP) is 6.37. The molecule has 1 aliphatic heterocycles. The highest BCUT2D eigenvalue weighted by Crippen LogP contribution is 2.43. The monoisotopic (exact) mass is 471 g/mol. The molecule has 4 aromatic rings. The van der Waals surface area contributed by atoms with E-state index in [1.165, 1.54) is 46.0 Å². The van der Waals surface area contributed by atoms with Crippen LogP contribution in [0.25, 0.3) is 5.00 Å². The molecule has 0 saturated heterocycles. The first-order chi connectivity index (χ1) is 16.7. The van der Waals surface area contributed by atoms with E-state index in [0.717, 1.165) is 29.7 Å². The number of benzene rings is 2. The zero-order valence-electron chi connectivity index (χ0n) is 18.8. The van der Waals surface area contributed by atoms with Crippen LogP contribution < -0.4 is 5.32 Å². The van der Waals surface area contributed by atoms with Gasteiger partial charge in [-0.05, 0) is 66.6 Å². The van der Waals surface area contributed by atoms with E-state index in [9.17, 15) is 9.18 Å². The minimum atomic E-state index is -0.276. The molecule has 2 aromatic heterocycles. The Bertz CT molecular complexity index is 1330. The first-order valence-electron chi connectivity index (χ1n) is 11.8. The summed E-state index contributed by atoms with van der Waals surface area (Å²) in [6.07, 6.45) is 6.78. The van der Waals surface area contributed by atoms with E-state index in [-0.39, 0.29) is 17.9 Å². The molecular weight excluding hydrogens is 445 g/mol. The number of carbonyl (C=O) groups excluding carboxylic acids is 1. The first-order valence-corrected chi connectivity index (χ1v) is 12.7. The standard InChI is InChI=1S/C28H26FN3OS/c29-21-14-12-19(13-15-21)17-30-28(33)32-18-23-22-9-4-5-11-25(22)34-27(23)31-16-6-10-24(31)26(32)20-7-2-1-3-8-20/h1-3,6-8,10,12-16,26H,4-5,9,11,17-18H2,(H,30,33)/t26-/m1/s1. The number of aryl methyl sites for hydroxylation is 1. The largest absolute Gasteiger partial charge is 0.334 e. The lowest BCUT2D eigenvalue weighted by molar-refractivity contribution is 0.180. The Hall–Kier alpha value is -3.38. The minimum absolute atomic E-state index is 0.116. The Morgan fingerprint density at radius 1 is 0.971 bits per heavy atom. The first kappa shape index (κ1) is 21.2. The van der Waals surface area contributed by atoms with Crippen molar-refractivity contribution in [3.8, 4) is 5.00 Å². The van der Waals surface area contributed by atoms with Crippen LogP contribution in [0.15, 0.2) is 72.9 Å². The van der Waals surface area contributed by atoms with E-state index < -0.39 is 0 Å². The molecule has 0 saturated carbocycles. The van der Waals surface area contributed by atoms with Crippen LogP contribution in [0.3, 0.4) is 0 Å². The zero-order chi connectivity index (χ0) is 23.1. The molecule has 2 amide bonds. The van der Waals surface area contributed by atoms with Crippen molar-refractivity contribution >= 4 is 17.4 Å². The maximum Gasteiger partial charge on any atom is 0.318 e. The molecule has 1 aliphatic carbocycles. The van der Waals surface area contributed by atoms with Crippen LogP contribution in [-0.4, -0.2) is 15.5 Å². The van der Waals surface area contributed by atoms with Crippen molar-refractivity contribution in [3.63, 3.8) is 0 Å². The summed E-state index contributed by atoms with van der Waals surface area (Å²) in [7, 11) is 0. The van der Waals surface area contributed by atoms with E-state index in [4.69, 9.17) is 0 Å². The highest BCUT2D eigenvalue weighted by Gasteiger charge is 2.35. The number of hydrogen-bond donors (Lipinski definition) is 1. The Morgan fingerprint density at radius 3 is 2.59 bits per heavy atom. The summed E-state index contributed by atoms with van der Waals surface area (Å²) in [5.74, 6) is -0.276. The van der Waals surface area contributed by atoms with Gasteiger partial charge in [0, 0.05) is 23.2 Å². The molecule has 172 valence electrons. The van der Waals surface area contributed by atoms with Crippen molar-refractivity contribution in [2.75, 3.05) is 0 Å². The molecule has 6 heteroatoms. The van der Waals surface area contributed by atoms with Crippen LogP contribution in [0, 0.1) is 5.82 Å². The number of nitrogens with one attached hydrogen (secondary N) is 1. The van der Waals surface area contributed by atoms with E-state index in [0.29, 0.717) is 13.1 Å². The van der Waals surface area contributed by atoms with E-state index in [1.54, 1.807) is 12.1 Å². The average molecular weight is 472 g/mol. The number of nitrogens with zero attached hydrogens (tertiary/aromatic N) is 2.